The van der Waals surface area contributed by atoms with Crippen molar-refractivity contribution in [3.05, 3.63) is 94.0 Å². The van der Waals surface area contributed by atoms with E-state index in [2.05, 4.69) is 44.0 Å². The molecule has 2 amide bonds. The van der Waals surface area contributed by atoms with Crippen LogP contribution >= 0.6 is 28.1 Å². The molecule has 3 N–H and O–H groups in total. The highest BCUT2D eigenvalue weighted by molar-refractivity contribution is 9.10. The van der Waals surface area contributed by atoms with Crippen LogP contribution in [-0.2, 0) is 17.6 Å². The van der Waals surface area contributed by atoms with Gasteiger partial charge in [0.25, 0.3) is 5.91 Å². The summed E-state index contributed by atoms with van der Waals surface area (Å²) < 4.78 is 6.54. The van der Waals surface area contributed by atoms with Crippen LogP contribution in [0.2, 0.25) is 0 Å². The molecule has 0 aliphatic heterocycles. The molecule has 0 aromatic heterocycles. The van der Waals surface area contributed by atoms with Gasteiger partial charge in [0.1, 0.15) is 5.75 Å². The van der Waals surface area contributed by atoms with Crippen LogP contribution in [0.25, 0.3) is 0 Å². The SMILES string of the molecule is CNC(=O)CCc1ccc(NC(=S)NC(=O)c2ccc(OCCc3ccccc3)c(Br)c2)cc1. The monoisotopic (exact) mass is 539 g/mol. The highest BCUT2D eigenvalue weighted by Gasteiger charge is 2.11. The highest BCUT2D eigenvalue weighted by atomic mass is 79.9. The van der Waals surface area contributed by atoms with Gasteiger partial charge in [0.05, 0.1) is 11.1 Å². The molecule has 0 heterocycles. The first-order valence-corrected chi connectivity index (χ1v) is 12.0. The van der Waals surface area contributed by atoms with E-state index >= 15 is 0 Å². The minimum atomic E-state index is -0.323. The molecule has 0 bridgehead atoms. The second kappa shape index (κ2) is 12.9. The molecular formula is C26H26BrN3O3S. The summed E-state index contributed by atoms with van der Waals surface area (Å²) in [6, 6.07) is 22.8. The van der Waals surface area contributed by atoms with E-state index in [9.17, 15) is 9.59 Å². The molecule has 0 saturated carbocycles. The van der Waals surface area contributed by atoms with Crippen LogP contribution in [0.15, 0.2) is 77.3 Å². The molecule has 8 heteroatoms. The van der Waals surface area contributed by atoms with E-state index in [1.165, 1.54) is 5.56 Å². The van der Waals surface area contributed by atoms with Crippen LogP contribution < -0.4 is 20.7 Å². The van der Waals surface area contributed by atoms with E-state index in [0.29, 0.717) is 35.2 Å². The zero-order chi connectivity index (χ0) is 24.3. The third kappa shape index (κ3) is 7.97. The Hall–Kier alpha value is -3.23. The summed E-state index contributed by atoms with van der Waals surface area (Å²) in [7, 11) is 1.62. The smallest absolute Gasteiger partial charge is 0.257 e. The zero-order valence-electron chi connectivity index (χ0n) is 18.8. The Morgan fingerprint density at radius 2 is 1.65 bits per heavy atom. The Balaban J connectivity index is 1.48. The summed E-state index contributed by atoms with van der Waals surface area (Å²) >= 11 is 8.75. The summed E-state index contributed by atoms with van der Waals surface area (Å²) in [6.45, 7) is 0.534. The number of thiocarbonyl (C=S) groups is 1. The first-order valence-electron chi connectivity index (χ1n) is 10.8. The third-order valence-electron chi connectivity index (χ3n) is 5.04. The second-order valence-corrected chi connectivity index (χ2v) is 8.77. The fraction of sp³-hybridized carbons (Fsp3) is 0.192. The lowest BCUT2D eigenvalue weighted by Gasteiger charge is -2.12. The molecule has 176 valence electrons. The summed E-state index contributed by atoms with van der Waals surface area (Å²) in [4.78, 5) is 24.0. The Morgan fingerprint density at radius 3 is 2.32 bits per heavy atom. The fourth-order valence-corrected chi connectivity index (χ4v) is 3.86. The molecule has 0 atom stereocenters. The van der Waals surface area contributed by atoms with Gasteiger partial charge in [-0.1, -0.05) is 42.5 Å². The summed E-state index contributed by atoms with van der Waals surface area (Å²) in [5.74, 6) is 0.352. The highest BCUT2D eigenvalue weighted by Crippen LogP contribution is 2.26. The molecule has 34 heavy (non-hydrogen) atoms. The van der Waals surface area contributed by atoms with Gasteiger partial charge in [-0.05, 0) is 76.0 Å². The number of rotatable bonds is 9. The molecule has 3 aromatic carbocycles. The number of hydrogen-bond acceptors (Lipinski definition) is 4. The van der Waals surface area contributed by atoms with Crippen LogP contribution in [0, 0.1) is 0 Å². The summed E-state index contributed by atoms with van der Waals surface area (Å²) in [6.07, 6.45) is 1.89. The van der Waals surface area contributed by atoms with Crippen molar-refractivity contribution >= 4 is 50.8 Å². The molecule has 0 unspecified atom stereocenters. The van der Waals surface area contributed by atoms with E-state index in [4.69, 9.17) is 17.0 Å². The number of carbonyl (C=O) groups is 2. The number of benzene rings is 3. The van der Waals surface area contributed by atoms with E-state index in [1.54, 1.807) is 25.2 Å². The third-order valence-corrected chi connectivity index (χ3v) is 5.87. The molecule has 0 aliphatic carbocycles. The van der Waals surface area contributed by atoms with Crippen molar-refractivity contribution in [3.8, 4) is 5.75 Å². The lowest BCUT2D eigenvalue weighted by atomic mass is 10.1. The Kier molecular flexibility index (Phi) is 9.61. The van der Waals surface area contributed by atoms with Gasteiger partial charge in [-0.15, -0.1) is 0 Å². The van der Waals surface area contributed by atoms with Gasteiger partial charge in [0.15, 0.2) is 5.11 Å². The fourth-order valence-electron chi connectivity index (χ4n) is 3.16. The quantitative estimate of drug-likeness (QED) is 0.338. The van der Waals surface area contributed by atoms with Gasteiger partial charge >= 0.3 is 0 Å². The summed E-state index contributed by atoms with van der Waals surface area (Å²) in [5.41, 5.74) is 3.45. The predicted octanol–water partition coefficient (Wildman–Crippen LogP) is 4.88. The number of halogens is 1. The maximum atomic E-state index is 12.6. The van der Waals surface area contributed by atoms with Crippen molar-refractivity contribution in [1.29, 1.82) is 0 Å². The molecule has 0 aliphatic rings. The van der Waals surface area contributed by atoms with E-state index in [-0.39, 0.29) is 16.9 Å². The van der Waals surface area contributed by atoms with Gasteiger partial charge < -0.3 is 15.4 Å². The summed E-state index contributed by atoms with van der Waals surface area (Å²) in [5, 5.41) is 8.49. The van der Waals surface area contributed by atoms with Gasteiger partial charge in [0, 0.05) is 31.1 Å². The van der Waals surface area contributed by atoms with Crippen LogP contribution in [-0.4, -0.2) is 30.6 Å². The first kappa shape index (κ1) is 25.4. The average Bonchev–Trinajstić information content (AvgIpc) is 2.85. The molecule has 0 fully saturated rings. The van der Waals surface area contributed by atoms with Gasteiger partial charge in [-0.3, -0.25) is 14.9 Å². The lowest BCUT2D eigenvalue weighted by molar-refractivity contribution is -0.120. The molecule has 6 nitrogen and oxygen atoms in total. The standard InChI is InChI=1S/C26H26BrN3O3S/c1-28-24(31)14-9-19-7-11-21(12-8-19)29-26(34)30-25(32)20-10-13-23(22(27)17-20)33-16-15-18-5-3-2-4-6-18/h2-8,10-13,17H,9,14-16H2,1H3,(H,28,31)(H2,29,30,32,34). The number of amides is 2. The normalized spacial score (nSPS) is 10.3. The van der Waals surface area contributed by atoms with Crippen molar-refractivity contribution in [1.82, 2.24) is 10.6 Å². The average molecular weight is 540 g/mol. The molecule has 0 radical (unpaired) electrons. The van der Waals surface area contributed by atoms with Gasteiger partial charge in [0.2, 0.25) is 5.91 Å². The van der Waals surface area contributed by atoms with Crippen LogP contribution in [0.1, 0.15) is 27.9 Å². The van der Waals surface area contributed by atoms with E-state index in [1.807, 2.05) is 42.5 Å². The molecular weight excluding hydrogens is 514 g/mol. The maximum Gasteiger partial charge on any atom is 0.257 e. The predicted molar refractivity (Wildman–Crippen MR) is 142 cm³/mol. The van der Waals surface area contributed by atoms with Crippen LogP contribution in [0.3, 0.4) is 0 Å². The first-order chi connectivity index (χ1) is 16.4. The molecule has 0 saturated heterocycles. The molecule has 3 aromatic rings. The lowest BCUT2D eigenvalue weighted by Crippen LogP contribution is -2.34. The zero-order valence-corrected chi connectivity index (χ0v) is 21.2. The number of aryl methyl sites for hydroxylation is 1. The van der Waals surface area contributed by atoms with Gasteiger partial charge in [-0.25, -0.2) is 0 Å². The van der Waals surface area contributed by atoms with Crippen molar-refractivity contribution < 1.29 is 14.3 Å². The molecule has 3 rings (SSSR count). The van der Waals surface area contributed by atoms with E-state index in [0.717, 1.165) is 17.7 Å². The van der Waals surface area contributed by atoms with E-state index < -0.39 is 0 Å². The van der Waals surface area contributed by atoms with Crippen molar-refractivity contribution in [3.63, 3.8) is 0 Å². The van der Waals surface area contributed by atoms with Crippen LogP contribution in [0.4, 0.5) is 5.69 Å². The van der Waals surface area contributed by atoms with Crippen molar-refractivity contribution in [2.45, 2.75) is 19.3 Å². The van der Waals surface area contributed by atoms with Gasteiger partial charge in [-0.2, -0.15) is 0 Å². The van der Waals surface area contributed by atoms with Crippen molar-refractivity contribution in [2.75, 3.05) is 19.0 Å². The number of ether oxygens (including phenoxy) is 1. The number of nitrogens with one attached hydrogen (secondary N) is 3. The Bertz CT molecular complexity index is 1140. The number of carbonyl (C=O) groups excluding carboxylic acids is 2. The maximum absolute atomic E-state index is 12.6. The minimum Gasteiger partial charge on any atom is -0.492 e. The minimum absolute atomic E-state index is 0.00417. The van der Waals surface area contributed by atoms with Crippen LogP contribution in [0.5, 0.6) is 5.75 Å². The molecule has 0 spiro atoms. The Labute approximate surface area is 213 Å². The Morgan fingerprint density at radius 1 is 0.941 bits per heavy atom. The van der Waals surface area contributed by atoms with Crippen molar-refractivity contribution in [2.24, 2.45) is 0 Å². The number of anilines is 1. The largest absolute Gasteiger partial charge is 0.492 e. The topological polar surface area (TPSA) is 79.5 Å². The second-order valence-electron chi connectivity index (χ2n) is 7.51. The number of hydrogen-bond donors (Lipinski definition) is 3.